The Bertz CT molecular complexity index is 1360. The van der Waals surface area contributed by atoms with Gasteiger partial charge in [-0.25, -0.2) is 8.78 Å². The third kappa shape index (κ3) is 6.25. The van der Waals surface area contributed by atoms with Gasteiger partial charge in [0.25, 0.3) is 5.91 Å². The number of anilines is 1. The van der Waals surface area contributed by atoms with Crippen LogP contribution in [0.1, 0.15) is 16.2 Å². The van der Waals surface area contributed by atoms with Crippen LogP contribution in [0.2, 0.25) is 0 Å². The first kappa shape index (κ1) is 24.9. The number of halogens is 2. The van der Waals surface area contributed by atoms with Crippen LogP contribution in [0, 0.1) is 11.6 Å². The maximum atomic E-state index is 14.0. The Hall–Kier alpha value is -4.25. The van der Waals surface area contributed by atoms with Crippen LogP contribution in [-0.2, 0) is 11.3 Å². The number of hydrogen-bond acceptors (Lipinski definition) is 6. The third-order valence-electron chi connectivity index (χ3n) is 4.99. The zero-order valence-electron chi connectivity index (χ0n) is 19.1. The SMILES string of the molecule is COc1ccc(C(=O)NCc2nnc(SCC(=O)Nc3ccc(F)cc3)n2-c2cccc(F)c2)cc1. The van der Waals surface area contributed by atoms with Gasteiger partial charge in [-0.2, -0.15) is 0 Å². The summed E-state index contributed by atoms with van der Waals surface area (Å²) in [5, 5.41) is 14.1. The minimum atomic E-state index is -0.459. The molecular weight excluding hydrogens is 488 g/mol. The average molecular weight is 510 g/mol. The van der Waals surface area contributed by atoms with Crippen molar-refractivity contribution in [1.82, 2.24) is 20.1 Å². The van der Waals surface area contributed by atoms with Crippen molar-refractivity contribution < 1.29 is 23.1 Å². The van der Waals surface area contributed by atoms with Gasteiger partial charge < -0.3 is 15.4 Å². The Labute approximate surface area is 209 Å². The highest BCUT2D eigenvalue weighted by Crippen LogP contribution is 2.23. The number of thioether (sulfide) groups is 1. The van der Waals surface area contributed by atoms with E-state index < -0.39 is 11.6 Å². The minimum Gasteiger partial charge on any atom is -0.497 e. The molecule has 4 rings (SSSR count). The first-order chi connectivity index (χ1) is 17.4. The lowest BCUT2D eigenvalue weighted by atomic mass is 10.2. The largest absolute Gasteiger partial charge is 0.497 e. The van der Waals surface area contributed by atoms with E-state index in [2.05, 4.69) is 20.8 Å². The van der Waals surface area contributed by atoms with Gasteiger partial charge in [0.1, 0.15) is 17.4 Å². The maximum Gasteiger partial charge on any atom is 0.251 e. The van der Waals surface area contributed by atoms with Gasteiger partial charge in [-0.3, -0.25) is 14.2 Å². The van der Waals surface area contributed by atoms with E-state index in [-0.39, 0.29) is 24.1 Å². The zero-order valence-corrected chi connectivity index (χ0v) is 19.9. The molecule has 0 aliphatic carbocycles. The number of carbonyl (C=O) groups excluding carboxylic acids is 2. The molecule has 0 unspecified atom stereocenters. The van der Waals surface area contributed by atoms with Crippen molar-refractivity contribution in [2.45, 2.75) is 11.7 Å². The van der Waals surface area contributed by atoms with Gasteiger partial charge >= 0.3 is 0 Å². The fourth-order valence-corrected chi connectivity index (χ4v) is 4.02. The standard InChI is InChI=1S/C25H21F2N5O3S/c1-35-21-11-5-16(6-12-21)24(34)28-14-22-30-31-25(32(22)20-4-2-3-18(27)13-20)36-15-23(33)29-19-9-7-17(26)8-10-19/h2-13H,14-15H2,1H3,(H,28,34)(H,29,33). The van der Waals surface area contributed by atoms with Crippen molar-refractivity contribution in [3.8, 4) is 11.4 Å². The summed E-state index contributed by atoms with van der Waals surface area (Å²) < 4.78 is 33.7. The Morgan fingerprint density at radius 3 is 2.42 bits per heavy atom. The van der Waals surface area contributed by atoms with E-state index in [1.165, 1.54) is 43.5 Å². The van der Waals surface area contributed by atoms with Gasteiger partial charge in [-0.05, 0) is 66.7 Å². The van der Waals surface area contributed by atoms with E-state index in [1.54, 1.807) is 41.0 Å². The summed E-state index contributed by atoms with van der Waals surface area (Å²) in [5.41, 5.74) is 1.32. The molecule has 0 saturated heterocycles. The van der Waals surface area contributed by atoms with Gasteiger partial charge in [-0.15, -0.1) is 10.2 Å². The molecular formula is C25H21F2N5O3S. The quantitative estimate of drug-likeness (QED) is 0.328. The number of rotatable bonds is 9. The highest BCUT2D eigenvalue weighted by molar-refractivity contribution is 7.99. The van der Waals surface area contributed by atoms with E-state index in [9.17, 15) is 18.4 Å². The van der Waals surface area contributed by atoms with Crippen molar-refractivity contribution in [3.63, 3.8) is 0 Å². The smallest absolute Gasteiger partial charge is 0.251 e. The summed E-state index contributed by atoms with van der Waals surface area (Å²) in [6.45, 7) is 0.0106. The van der Waals surface area contributed by atoms with E-state index in [1.807, 2.05) is 0 Å². The highest BCUT2D eigenvalue weighted by Gasteiger charge is 2.18. The second-order valence-electron chi connectivity index (χ2n) is 7.47. The second-order valence-corrected chi connectivity index (χ2v) is 8.41. The molecule has 3 aromatic carbocycles. The number of carbonyl (C=O) groups is 2. The Kier molecular flexibility index (Phi) is 7.91. The zero-order chi connectivity index (χ0) is 25.5. The predicted molar refractivity (Wildman–Crippen MR) is 131 cm³/mol. The van der Waals surface area contributed by atoms with Crippen LogP contribution in [-0.4, -0.2) is 39.4 Å². The molecule has 0 aliphatic rings. The monoisotopic (exact) mass is 509 g/mol. The van der Waals surface area contributed by atoms with Crippen molar-refractivity contribution in [2.75, 3.05) is 18.2 Å². The van der Waals surface area contributed by atoms with Crippen molar-refractivity contribution in [2.24, 2.45) is 0 Å². The lowest BCUT2D eigenvalue weighted by Gasteiger charge is -2.11. The summed E-state index contributed by atoms with van der Waals surface area (Å²) in [5.74, 6) is -0.583. The molecule has 4 aromatic rings. The molecule has 184 valence electrons. The fourth-order valence-electron chi connectivity index (χ4n) is 3.25. The molecule has 11 heteroatoms. The first-order valence-electron chi connectivity index (χ1n) is 10.7. The summed E-state index contributed by atoms with van der Waals surface area (Å²) in [6, 6.07) is 17.8. The Morgan fingerprint density at radius 2 is 1.72 bits per heavy atom. The number of ether oxygens (including phenoxy) is 1. The number of nitrogens with zero attached hydrogens (tertiary/aromatic N) is 3. The van der Waals surface area contributed by atoms with Gasteiger partial charge in [0.05, 0.1) is 25.1 Å². The molecule has 1 aromatic heterocycles. The average Bonchev–Trinajstić information content (AvgIpc) is 3.30. The van der Waals surface area contributed by atoms with Crippen LogP contribution < -0.4 is 15.4 Å². The molecule has 0 atom stereocenters. The second kappa shape index (κ2) is 11.5. The molecule has 0 aliphatic heterocycles. The van der Waals surface area contributed by atoms with Crippen molar-refractivity contribution in [1.29, 1.82) is 0 Å². The van der Waals surface area contributed by atoms with E-state index in [0.717, 1.165) is 11.8 Å². The molecule has 0 fully saturated rings. The van der Waals surface area contributed by atoms with E-state index in [0.29, 0.717) is 33.7 Å². The summed E-state index contributed by atoms with van der Waals surface area (Å²) in [4.78, 5) is 25.0. The van der Waals surface area contributed by atoms with Crippen LogP contribution in [0.3, 0.4) is 0 Å². The molecule has 2 N–H and O–H groups in total. The number of hydrogen-bond donors (Lipinski definition) is 2. The van der Waals surface area contributed by atoms with Crippen molar-refractivity contribution >= 4 is 29.3 Å². The predicted octanol–water partition coefficient (Wildman–Crippen LogP) is 4.21. The van der Waals surface area contributed by atoms with Gasteiger partial charge in [0, 0.05) is 11.3 Å². The molecule has 0 radical (unpaired) electrons. The topological polar surface area (TPSA) is 98.1 Å². The number of methoxy groups -OCH3 is 1. The number of aromatic nitrogens is 3. The van der Waals surface area contributed by atoms with Gasteiger partial charge in [-0.1, -0.05) is 17.8 Å². The van der Waals surface area contributed by atoms with E-state index in [4.69, 9.17) is 4.74 Å². The Morgan fingerprint density at radius 1 is 0.972 bits per heavy atom. The molecule has 2 amide bonds. The van der Waals surface area contributed by atoms with E-state index >= 15 is 0 Å². The lowest BCUT2D eigenvalue weighted by molar-refractivity contribution is -0.113. The number of benzene rings is 3. The molecule has 0 spiro atoms. The normalized spacial score (nSPS) is 10.6. The van der Waals surface area contributed by atoms with Crippen LogP contribution >= 0.6 is 11.8 Å². The van der Waals surface area contributed by atoms with Crippen LogP contribution in [0.4, 0.5) is 14.5 Å². The fraction of sp³-hybridized carbons (Fsp3) is 0.120. The number of nitrogens with one attached hydrogen (secondary N) is 2. The summed E-state index contributed by atoms with van der Waals surface area (Å²) in [7, 11) is 1.54. The summed E-state index contributed by atoms with van der Waals surface area (Å²) >= 11 is 1.09. The number of amides is 2. The van der Waals surface area contributed by atoms with Gasteiger partial charge in [0.15, 0.2) is 11.0 Å². The highest BCUT2D eigenvalue weighted by atomic mass is 32.2. The molecule has 1 heterocycles. The lowest BCUT2D eigenvalue weighted by Crippen LogP contribution is -2.24. The minimum absolute atomic E-state index is 0.0106. The van der Waals surface area contributed by atoms with Gasteiger partial charge in [0.2, 0.25) is 5.91 Å². The first-order valence-corrected chi connectivity index (χ1v) is 11.7. The molecule has 0 bridgehead atoms. The van der Waals surface area contributed by atoms with Crippen LogP contribution in [0.25, 0.3) is 5.69 Å². The van der Waals surface area contributed by atoms with Crippen LogP contribution in [0.5, 0.6) is 5.75 Å². The third-order valence-corrected chi connectivity index (χ3v) is 5.92. The molecule has 36 heavy (non-hydrogen) atoms. The maximum absolute atomic E-state index is 14.0. The summed E-state index contributed by atoms with van der Waals surface area (Å²) in [6.07, 6.45) is 0. The Balaban J connectivity index is 1.49. The van der Waals surface area contributed by atoms with Crippen molar-refractivity contribution in [3.05, 3.63) is 95.8 Å². The van der Waals surface area contributed by atoms with Crippen LogP contribution in [0.15, 0.2) is 78.0 Å². The molecule has 0 saturated carbocycles. The molecule has 8 nitrogen and oxygen atoms in total.